The Morgan fingerprint density at radius 3 is 2.36 bits per heavy atom. The van der Waals surface area contributed by atoms with Crippen molar-refractivity contribution < 1.29 is 19.5 Å². The van der Waals surface area contributed by atoms with Gasteiger partial charge in [-0.3, -0.25) is 14.4 Å². The van der Waals surface area contributed by atoms with Crippen molar-refractivity contribution >= 4 is 29.1 Å². The van der Waals surface area contributed by atoms with E-state index in [2.05, 4.69) is 15.3 Å². The van der Waals surface area contributed by atoms with Crippen LogP contribution in [0.25, 0.3) is 22.5 Å². The minimum atomic E-state index is -0.902. The van der Waals surface area contributed by atoms with Gasteiger partial charge in [0.15, 0.2) is 5.82 Å². The number of thiophene rings is 1. The van der Waals surface area contributed by atoms with Gasteiger partial charge in [-0.05, 0) is 35.4 Å². The Balaban J connectivity index is 1.32. The SMILES string of the molecule is O=C(NC(Cc1ccc(-c2ncc(-c3ccccc3)cn2)cc1)C(=O)N1CCCC(C(=O)O)C1)c1cccs1. The van der Waals surface area contributed by atoms with E-state index in [1.807, 2.05) is 54.6 Å². The molecule has 2 aromatic carbocycles. The monoisotopic (exact) mass is 540 g/mol. The van der Waals surface area contributed by atoms with Crippen LogP contribution in [0.15, 0.2) is 84.5 Å². The van der Waals surface area contributed by atoms with Gasteiger partial charge >= 0.3 is 5.97 Å². The number of carboxylic acid groups (broad SMARTS) is 1. The number of carboxylic acids is 1. The van der Waals surface area contributed by atoms with Crippen LogP contribution in [0, 0.1) is 5.92 Å². The first kappa shape index (κ1) is 26.2. The van der Waals surface area contributed by atoms with E-state index >= 15 is 0 Å². The fraction of sp³-hybridized carbons (Fsp3) is 0.233. The van der Waals surface area contributed by atoms with Gasteiger partial charge < -0.3 is 15.3 Å². The molecule has 5 rings (SSSR count). The van der Waals surface area contributed by atoms with Crippen LogP contribution in [0.5, 0.6) is 0 Å². The second-order valence-electron chi connectivity index (χ2n) is 9.53. The molecule has 4 aromatic rings. The summed E-state index contributed by atoms with van der Waals surface area (Å²) < 4.78 is 0. The van der Waals surface area contributed by atoms with Gasteiger partial charge in [-0.15, -0.1) is 11.3 Å². The quantitative estimate of drug-likeness (QED) is 0.339. The lowest BCUT2D eigenvalue weighted by Crippen LogP contribution is -2.52. The molecule has 2 unspecified atom stereocenters. The number of carbonyl (C=O) groups excluding carboxylic acids is 2. The van der Waals surface area contributed by atoms with Crippen molar-refractivity contribution in [1.82, 2.24) is 20.2 Å². The van der Waals surface area contributed by atoms with Crippen LogP contribution in [0.3, 0.4) is 0 Å². The third-order valence-corrected chi connectivity index (χ3v) is 7.71. The average Bonchev–Trinajstić information content (AvgIpc) is 3.53. The number of rotatable bonds is 8. The summed E-state index contributed by atoms with van der Waals surface area (Å²) in [7, 11) is 0. The standard InChI is InChI=1S/C30H28N4O4S/c35-28(26-9-5-15-39-26)33-25(29(36)34-14-4-8-23(19-34)30(37)38)16-20-10-12-22(13-11-20)27-31-17-24(18-32-27)21-6-2-1-3-7-21/h1-3,5-7,9-13,15,17-18,23,25H,4,8,14,16,19H2,(H,33,35)(H,37,38). The van der Waals surface area contributed by atoms with Crippen molar-refractivity contribution in [3.8, 4) is 22.5 Å². The molecular formula is C30H28N4O4S. The highest BCUT2D eigenvalue weighted by Crippen LogP contribution is 2.22. The van der Waals surface area contributed by atoms with Gasteiger partial charge in [0.25, 0.3) is 5.91 Å². The molecule has 9 heteroatoms. The second-order valence-corrected chi connectivity index (χ2v) is 10.5. The zero-order valence-corrected chi connectivity index (χ0v) is 22.0. The molecule has 2 N–H and O–H groups in total. The molecule has 0 aliphatic carbocycles. The molecule has 2 aromatic heterocycles. The third-order valence-electron chi connectivity index (χ3n) is 6.84. The second kappa shape index (κ2) is 12.0. The molecule has 0 bridgehead atoms. The highest BCUT2D eigenvalue weighted by molar-refractivity contribution is 7.12. The van der Waals surface area contributed by atoms with Gasteiger partial charge in [-0.2, -0.15) is 0 Å². The summed E-state index contributed by atoms with van der Waals surface area (Å²) in [6, 6.07) is 20.2. The molecule has 2 atom stereocenters. The fourth-order valence-corrected chi connectivity index (χ4v) is 5.35. The lowest BCUT2D eigenvalue weighted by Gasteiger charge is -2.33. The maximum atomic E-state index is 13.5. The van der Waals surface area contributed by atoms with E-state index in [1.54, 1.807) is 34.8 Å². The number of carbonyl (C=O) groups is 3. The predicted octanol–water partition coefficient (Wildman–Crippen LogP) is 4.54. The Morgan fingerprint density at radius 2 is 1.69 bits per heavy atom. The summed E-state index contributed by atoms with van der Waals surface area (Å²) in [5, 5.41) is 14.2. The zero-order valence-electron chi connectivity index (χ0n) is 21.2. The van der Waals surface area contributed by atoms with E-state index in [1.165, 1.54) is 11.3 Å². The molecule has 0 saturated carbocycles. The summed E-state index contributed by atoms with van der Waals surface area (Å²) in [4.78, 5) is 49.0. The van der Waals surface area contributed by atoms with E-state index in [-0.39, 0.29) is 24.8 Å². The number of likely N-dealkylation sites (tertiary alicyclic amines) is 1. The predicted molar refractivity (Wildman–Crippen MR) is 149 cm³/mol. The highest BCUT2D eigenvalue weighted by atomic mass is 32.1. The first-order chi connectivity index (χ1) is 19.0. The van der Waals surface area contributed by atoms with Crippen molar-refractivity contribution in [2.75, 3.05) is 13.1 Å². The summed E-state index contributed by atoms with van der Waals surface area (Å²) in [6.45, 7) is 0.623. The molecule has 198 valence electrons. The summed E-state index contributed by atoms with van der Waals surface area (Å²) in [5.41, 5.74) is 3.67. The maximum Gasteiger partial charge on any atom is 0.308 e. The molecule has 0 spiro atoms. The number of nitrogens with one attached hydrogen (secondary N) is 1. The van der Waals surface area contributed by atoms with Gasteiger partial charge in [0.2, 0.25) is 5.91 Å². The van der Waals surface area contributed by atoms with E-state index in [4.69, 9.17) is 0 Å². The molecule has 1 fully saturated rings. The molecular weight excluding hydrogens is 512 g/mol. The number of hydrogen-bond acceptors (Lipinski definition) is 6. The van der Waals surface area contributed by atoms with Crippen molar-refractivity contribution in [2.24, 2.45) is 5.92 Å². The van der Waals surface area contributed by atoms with Crippen molar-refractivity contribution in [1.29, 1.82) is 0 Å². The van der Waals surface area contributed by atoms with Crippen LogP contribution in [-0.2, 0) is 16.0 Å². The Morgan fingerprint density at radius 1 is 0.949 bits per heavy atom. The normalized spacial score (nSPS) is 15.9. The number of benzene rings is 2. The third kappa shape index (κ3) is 6.38. The van der Waals surface area contributed by atoms with Crippen LogP contribution in [0.4, 0.5) is 0 Å². The number of nitrogens with zero attached hydrogens (tertiary/aromatic N) is 3. The largest absolute Gasteiger partial charge is 0.481 e. The van der Waals surface area contributed by atoms with Gasteiger partial charge in [-0.25, -0.2) is 9.97 Å². The first-order valence-electron chi connectivity index (χ1n) is 12.8. The Labute approximate surface area is 230 Å². The van der Waals surface area contributed by atoms with Crippen molar-refractivity contribution in [2.45, 2.75) is 25.3 Å². The van der Waals surface area contributed by atoms with Gasteiger partial charge in [0.05, 0.1) is 10.8 Å². The minimum Gasteiger partial charge on any atom is -0.481 e. The van der Waals surface area contributed by atoms with Crippen LogP contribution < -0.4 is 5.32 Å². The van der Waals surface area contributed by atoms with E-state index in [9.17, 15) is 19.5 Å². The van der Waals surface area contributed by atoms with Crippen LogP contribution >= 0.6 is 11.3 Å². The molecule has 1 aliphatic heterocycles. The molecule has 1 aliphatic rings. The van der Waals surface area contributed by atoms with Crippen LogP contribution in [0.2, 0.25) is 0 Å². The van der Waals surface area contributed by atoms with Crippen LogP contribution in [-0.4, -0.2) is 56.9 Å². The van der Waals surface area contributed by atoms with Crippen molar-refractivity contribution in [3.05, 3.63) is 94.9 Å². The summed E-state index contributed by atoms with van der Waals surface area (Å²) in [5.74, 6) is -1.49. The Kier molecular flexibility index (Phi) is 8.07. The van der Waals surface area contributed by atoms with E-state index in [0.29, 0.717) is 30.1 Å². The average molecular weight is 541 g/mol. The first-order valence-corrected chi connectivity index (χ1v) is 13.7. The molecule has 3 heterocycles. The molecule has 1 saturated heterocycles. The number of aliphatic carboxylic acids is 1. The lowest BCUT2D eigenvalue weighted by atomic mass is 9.96. The van der Waals surface area contributed by atoms with Crippen LogP contribution in [0.1, 0.15) is 28.1 Å². The van der Waals surface area contributed by atoms with Gasteiger partial charge in [-0.1, -0.05) is 60.7 Å². The van der Waals surface area contributed by atoms with Gasteiger partial charge in [0.1, 0.15) is 6.04 Å². The zero-order chi connectivity index (χ0) is 27.2. The summed E-state index contributed by atoms with van der Waals surface area (Å²) in [6.07, 6.45) is 5.03. The van der Waals surface area contributed by atoms with Crippen molar-refractivity contribution in [3.63, 3.8) is 0 Å². The smallest absolute Gasteiger partial charge is 0.308 e. The van der Waals surface area contributed by atoms with E-state index < -0.39 is 17.9 Å². The number of piperidine rings is 1. The maximum absolute atomic E-state index is 13.5. The topological polar surface area (TPSA) is 112 Å². The number of amides is 2. The minimum absolute atomic E-state index is 0.148. The fourth-order valence-electron chi connectivity index (χ4n) is 4.72. The summed E-state index contributed by atoms with van der Waals surface area (Å²) >= 11 is 1.30. The number of hydrogen-bond donors (Lipinski definition) is 2. The van der Waals surface area contributed by atoms with E-state index in [0.717, 1.165) is 22.3 Å². The highest BCUT2D eigenvalue weighted by Gasteiger charge is 2.33. The molecule has 2 amide bonds. The Hall–Kier alpha value is -4.37. The molecule has 0 radical (unpaired) electrons. The molecule has 8 nitrogen and oxygen atoms in total. The lowest BCUT2D eigenvalue weighted by molar-refractivity contribution is -0.146. The number of aromatic nitrogens is 2. The molecule has 39 heavy (non-hydrogen) atoms. The van der Waals surface area contributed by atoms with Gasteiger partial charge in [0, 0.05) is 43.0 Å². The Bertz CT molecular complexity index is 1420.